The van der Waals surface area contributed by atoms with Gasteiger partial charge < -0.3 is 23.7 Å². The Morgan fingerprint density at radius 2 is 1.53 bits per heavy atom. The number of fused-ring (bicyclic) bond motifs is 1. The number of ether oxygens (including phenoxy) is 3. The molecule has 0 bridgehead atoms. The van der Waals surface area contributed by atoms with Gasteiger partial charge in [0.25, 0.3) is 0 Å². The summed E-state index contributed by atoms with van der Waals surface area (Å²) in [6.07, 6.45) is 1.39. The maximum Gasteiger partial charge on any atom is 0.415 e. The van der Waals surface area contributed by atoms with Crippen LogP contribution in [0.4, 0.5) is 13.6 Å². The largest absolute Gasteiger partial charge is 0.493 e. The summed E-state index contributed by atoms with van der Waals surface area (Å²) in [7, 11) is 3.11. The first kappa shape index (κ1) is 25.0. The fraction of sp³-hybridized carbons (Fsp3) is 0.250. The van der Waals surface area contributed by atoms with Gasteiger partial charge in [-0.1, -0.05) is 6.07 Å². The van der Waals surface area contributed by atoms with Crippen LogP contribution in [0.5, 0.6) is 17.2 Å². The number of carbonyl (C=O) groups is 1. The molecule has 0 unspecified atom stereocenters. The van der Waals surface area contributed by atoms with Crippen LogP contribution in [0, 0.1) is 11.6 Å². The maximum absolute atomic E-state index is 13.8. The third-order valence-electron chi connectivity index (χ3n) is 6.08. The van der Waals surface area contributed by atoms with Crippen molar-refractivity contribution in [3.05, 3.63) is 78.0 Å². The average molecular weight is 495 g/mol. The van der Waals surface area contributed by atoms with Crippen molar-refractivity contribution in [1.29, 1.82) is 0 Å². The van der Waals surface area contributed by atoms with Gasteiger partial charge in [0.15, 0.2) is 11.5 Å². The Morgan fingerprint density at radius 3 is 2.17 bits per heavy atom. The quantitative estimate of drug-likeness (QED) is 0.281. The lowest BCUT2D eigenvalue weighted by molar-refractivity contribution is 0.157. The monoisotopic (exact) mass is 494 g/mol. The number of amides is 1. The van der Waals surface area contributed by atoms with Crippen LogP contribution in [0.25, 0.3) is 22.0 Å². The van der Waals surface area contributed by atoms with Crippen molar-refractivity contribution >= 4 is 17.0 Å². The van der Waals surface area contributed by atoms with E-state index in [4.69, 9.17) is 14.2 Å². The Kier molecular flexibility index (Phi) is 7.43. The van der Waals surface area contributed by atoms with E-state index in [1.165, 1.54) is 12.1 Å². The van der Waals surface area contributed by atoms with Crippen LogP contribution in [0.1, 0.15) is 19.4 Å². The first-order valence-corrected chi connectivity index (χ1v) is 11.6. The molecule has 8 heteroatoms. The van der Waals surface area contributed by atoms with Gasteiger partial charge in [0.2, 0.25) is 0 Å². The molecule has 0 radical (unpaired) electrons. The zero-order valence-electron chi connectivity index (χ0n) is 20.7. The lowest BCUT2D eigenvalue weighted by atomic mass is 10.00. The van der Waals surface area contributed by atoms with Crippen molar-refractivity contribution in [2.24, 2.45) is 0 Å². The Labute approximate surface area is 208 Å². The van der Waals surface area contributed by atoms with Gasteiger partial charge in [-0.2, -0.15) is 0 Å². The topological polar surface area (TPSA) is 52.9 Å². The number of hydrogen-bond acceptors (Lipinski definition) is 4. The average Bonchev–Trinajstić information content (AvgIpc) is 3.26. The molecule has 0 aliphatic rings. The van der Waals surface area contributed by atoms with E-state index in [2.05, 4.69) is 0 Å². The fourth-order valence-corrected chi connectivity index (χ4v) is 4.30. The minimum Gasteiger partial charge on any atom is -0.493 e. The Bertz CT molecular complexity index is 1380. The third-order valence-corrected chi connectivity index (χ3v) is 6.08. The molecule has 1 heterocycles. The van der Waals surface area contributed by atoms with E-state index < -0.39 is 17.7 Å². The minimum atomic E-state index is -0.627. The van der Waals surface area contributed by atoms with Gasteiger partial charge in [0.05, 0.1) is 14.2 Å². The molecule has 3 aromatic carbocycles. The number of nitrogens with zero attached hydrogens (tertiary/aromatic N) is 2. The highest BCUT2D eigenvalue weighted by atomic mass is 19.1. The van der Waals surface area contributed by atoms with E-state index in [0.717, 1.165) is 22.5 Å². The lowest BCUT2D eigenvalue weighted by Gasteiger charge is -2.20. The molecule has 0 saturated heterocycles. The van der Waals surface area contributed by atoms with Crippen molar-refractivity contribution in [2.45, 2.75) is 20.4 Å². The van der Waals surface area contributed by atoms with Gasteiger partial charge in [-0.15, -0.1) is 0 Å². The highest BCUT2D eigenvalue weighted by molar-refractivity contribution is 6.00. The zero-order valence-corrected chi connectivity index (χ0v) is 20.7. The Morgan fingerprint density at radius 1 is 0.861 bits per heavy atom. The van der Waals surface area contributed by atoms with E-state index in [0.29, 0.717) is 41.5 Å². The highest BCUT2D eigenvalue weighted by Crippen LogP contribution is 2.41. The predicted octanol–water partition coefficient (Wildman–Crippen LogP) is 6.49. The molecule has 0 aliphatic carbocycles. The molecule has 4 aromatic rings. The van der Waals surface area contributed by atoms with Crippen LogP contribution in [-0.4, -0.2) is 42.9 Å². The molecule has 6 nitrogen and oxygen atoms in total. The van der Waals surface area contributed by atoms with E-state index in [-0.39, 0.29) is 6.54 Å². The van der Waals surface area contributed by atoms with Gasteiger partial charge in [0, 0.05) is 48.4 Å². The van der Waals surface area contributed by atoms with Crippen LogP contribution < -0.4 is 14.2 Å². The van der Waals surface area contributed by atoms with Gasteiger partial charge in [0.1, 0.15) is 17.4 Å². The first-order chi connectivity index (χ1) is 17.4. The SMILES string of the molecule is CCN(CC)C(=O)Oc1ccc2c(ccn2Cc2cc(F)cc(F)c2)c1-c1ccc(OC)c(OC)c1. The van der Waals surface area contributed by atoms with Crippen LogP contribution in [-0.2, 0) is 6.54 Å². The number of carbonyl (C=O) groups excluding carboxylic acids is 1. The highest BCUT2D eigenvalue weighted by Gasteiger charge is 2.20. The molecule has 36 heavy (non-hydrogen) atoms. The first-order valence-electron chi connectivity index (χ1n) is 11.6. The van der Waals surface area contributed by atoms with Crippen molar-refractivity contribution < 1.29 is 27.8 Å². The summed E-state index contributed by atoms with van der Waals surface area (Å²) in [5.74, 6) is 0.237. The van der Waals surface area contributed by atoms with Crippen LogP contribution >= 0.6 is 0 Å². The summed E-state index contributed by atoms with van der Waals surface area (Å²) in [6, 6.07) is 14.4. The van der Waals surface area contributed by atoms with Crippen LogP contribution in [0.15, 0.2) is 60.8 Å². The molecule has 0 aliphatic heterocycles. The van der Waals surface area contributed by atoms with Gasteiger partial charge in [-0.25, -0.2) is 13.6 Å². The summed E-state index contributed by atoms with van der Waals surface area (Å²) in [6.45, 7) is 5.08. The molecular weight excluding hydrogens is 466 g/mol. The molecular formula is C28H28F2N2O4. The minimum absolute atomic E-state index is 0.266. The van der Waals surface area contributed by atoms with Crippen LogP contribution in [0.2, 0.25) is 0 Å². The molecule has 0 spiro atoms. The summed E-state index contributed by atoms with van der Waals surface area (Å²) >= 11 is 0. The van der Waals surface area contributed by atoms with E-state index in [1.807, 2.05) is 48.9 Å². The fourth-order valence-electron chi connectivity index (χ4n) is 4.30. The van der Waals surface area contributed by atoms with Crippen molar-refractivity contribution in [1.82, 2.24) is 9.47 Å². The molecule has 0 fully saturated rings. The summed E-state index contributed by atoms with van der Waals surface area (Å²) in [5.41, 5.74) is 2.76. The summed E-state index contributed by atoms with van der Waals surface area (Å²) in [4.78, 5) is 14.4. The normalized spacial score (nSPS) is 10.9. The molecule has 0 saturated carbocycles. The number of methoxy groups -OCH3 is 2. The molecule has 188 valence electrons. The lowest BCUT2D eigenvalue weighted by Crippen LogP contribution is -2.33. The van der Waals surface area contributed by atoms with Gasteiger partial charge in [-0.3, -0.25) is 0 Å². The molecule has 1 amide bonds. The second-order valence-corrected chi connectivity index (χ2v) is 8.20. The Balaban J connectivity index is 1.85. The molecule has 0 N–H and O–H groups in total. The van der Waals surface area contributed by atoms with E-state index in [9.17, 15) is 13.6 Å². The second kappa shape index (κ2) is 10.7. The number of rotatable bonds is 8. The van der Waals surface area contributed by atoms with Crippen molar-refractivity contribution in [3.63, 3.8) is 0 Å². The van der Waals surface area contributed by atoms with Gasteiger partial charge >= 0.3 is 6.09 Å². The van der Waals surface area contributed by atoms with Crippen molar-refractivity contribution in [2.75, 3.05) is 27.3 Å². The van der Waals surface area contributed by atoms with Gasteiger partial charge in [-0.05, 0) is 67.4 Å². The van der Waals surface area contributed by atoms with E-state index >= 15 is 0 Å². The smallest absolute Gasteiger partial charge is 0.415 e. The molecule has 4 rings (SSSR count). The van der Waals surface area contributed by atoms with E-state index in [1.54, 1.807) is 31.3 Å². The second-order valence-electron chi connectivity index (χ2n) is 8.20. The number of benzene rings is 3. The molecule has 1 aromatic heterocycles. The predicted molar refractivity (Wildman–Crippen MR) is 135 cm³/mol. The number of halogens is 2. The Hall–Kier alpha value is -4.07. The molecule has 0 atom stereocenters. The number of hydrogen-bond donors (Lipinski definition) is 0. The standard InChI is InChI=1S/C28H28F2N2O4/c1-5-31(6-2)28(33)36-25-10-8-23-22(27(25)19-7-9-24(34-3)26(15-19)35-4)11-12-32(23)17-18-13-20(29)16-21(30)14-18/h7-16H,5-6,17H2,1-4H3. The zero-order chi connectivity index (χ0) is 25.8. The maximum atomic E-state index is 13.8. The summed E-state index contributed by atoms with van der Waals surface area (Å²) < 4.78 is 46.1. The summed E-state index contributed by atoms with van der Waals surface area (Å²) in [5, 5.41) is 0.809. The number of aromatic nitrogens is 1. The third kappa shape index (κ3) is 4.98. The van der Waals surface area contributed by atoms with Crippen molar-refractivity contribution in [3.8, 4) is 28.4 Å². The van der Waals surface area contributed by atoms with Crippen LogP contribution in [0.3, 0.4) is 0 Å².